The number of aryl methyl sites for hydroxylation is 2. The minimum Gasteiger partial charge on any atom is -0.233 e. The quantitative estimate of drug-likeness (QED) is 0.338. The predicted octanol–water partition coefficient (Wildman–Crippen LogP) is 6.26. The van der Waals surface area contributed by atoms with Gasteiger partial charge in [-0.15, -0.1) is 0 Å². The molecular weight excluding hydrogens is 411 g/mol. The van der Waals surface area contributed by atoms with Crippen molar-refractivity contribution in [1.82, 2.24) is 0 Å². The Morgan fingerprint density at radius 2 is 1.38 bits per heavy atom. The van der Waals surface area contributed by atoms with Gasteiger partial charge >= 0.3 is 0 Å². The van der Waals surface area contributed by atoms with Gasteiger partial charge in [-0.05, 0) is 52.4 Å². The van der Waals surface area contributed by atoms with Gasteiger partial charge in [-0.25, -0.2) is 9.59 Å². The average molecular weight is 445 g/mol. The molecule has 0 fully saturated rings. The fraction of sp³-hybridized carbons (Fsp3) is 0.345. The molecule has 0 radical (unpaired) electrons. The van der Waals surface area contributed by atoms with E-state index in [2.05, 4.69) is 74.8 Å². The van der Waals surface area contributed by atoms with E-state index in [1.807, 2.05) is 24.3 Å². The maximum atomic E-state index is 13.3. The lowest BCUT2D eigenvalue weighted by Crippen LogP contribution is -2.28. The van der Waals surface area contributed by atoms with Crippen molar-refractivity contribution in [2.75, 3.05) is 0 Å². The van der Waals surface area contributed by atoms with E-state index in [4.69, 9.17) is 0 Å². The van der Waals surface area contributed by atoms with Crippen LogP contribution < -0.4 is 10.6 Å². The van der Waals surface area contributed by atoms with Crippen LogP contribution in [0.5, 0.6) is 0 Å². The Labute approximate surface area is 192 Å². The summed E-state index contributed by atoms with van der Waals surface area (Å²) in [6.45, 7) is 3.74. The second-order valence-electron chi connectivity index (χ2n) is 8.37. The molecule has 1 aliphatic rings. The van der Waals surface area contributed by atoms with Crippen LogP contribution in [-0.2, 0) is 22.4 Å². The van der Waals surface area contributed by atoms with Crippen molar-refractivity contribution < 1.29 is 9.59 Å². The van der Waals surface area contributed by atoms with Gasteiger partial charge in [0.1, 0.15) is 11.6 Å². The van der Waals surface area contributed by atoms with Gasteiger partial charge in [0.25, 0.3) is 0 Å². The van der Waals surface area contributed by atoms with Crippen LogP contribution in [0.15, 0.2) is 77.6 Å². The highest BCUT2D eigenvalue weighted by Gasteiger charge is 2.38. The molecule has 32 heavy (non-hydrogen) atoms. The zero-order chi connectivity index (χ0) is 23.0. The summed E-state index contributed by atoms with van der Waals surface area (Å²) in [5.41, 5.74) is 5.73. The lowest BCUT2D eigenvalue weighted by atomic mass is 9.91. The highest BCUT2D eigenvalue weighted by atomic mass is 31.2. The van der Waals surface area contributed by atoms with E-state index in [1.165, 1.54) is 11.1 Å². The summed E-state index contributed by atoms with van der Waals surface area (Å²) in [4.78, 5) is 25.2. The zero-order valence-corrected chi connectivity index (χ0v) is 20.3. The zero-order valence-electron chi connectivity index (χ0n) is 19.4. The second kappa shape index (κ2) is 11.3. The molecular formula is C29H33O2P. The van der Waals surface area contributed by atoms with Crippen LogP contribution in [0.2, 0.25) is 0 Å². The maximum Gasteiger partial charge on any atom is 0.128 e. The second-order valence-corrected chi connectivity index (χ2v) is 11.4. The molecule has 0 amide bonds. The topological polar surface area (TPSA) is 34.1 Å². The highest BCUT2D eigenvalue weighted by molar-refractivity contribution is 7.91. The first-order chi connectivity index (χ1) is 15.7. The molecule has 3 heteroatoms. The Hall–Kier alpha value is -2.62. The number of rotatable bonds is 9. The highest BCUT2D eigenvalue weighted by Crippen LogP contribution is 2.59. The third-order valence-electron chi connectivity index (χ3n) is 6.24. The third kappa shape index (κ3) is 4.46. The van der Waals surface area contributed by atoms with Gasteiger partial charge in [-0.1, -0.05) is 101 Å². The minimum atomic E-state index is -2.72. The molecule has 0 saturated heterocycles. The number of hydrogen-bond donors (Lipinski definition) is 0. The SMILES string of the molecule is CCCc1ccccc1P(=C=O)(C1=CC=CC(=C=O)C1CCC)c1ccccc1CCC. The van der Waals surface area contributed by atoms with E-state index in [-0.39, 0.29) is 5.92 Å². The van der Waals surface area contributed by atoms with Crippen molar-refractivity contribution in [1.29, 1.82) is 0 Å². The molecule has 0 aromatic heterocycles. The maximum absolute atomic E-state index is 13.3. The van der Waals surface area contributed by atoms with Crippen molar-refractivity contribution in [3.05, 3.63) is 88.8 Å². The molecule has 0 heterocycles. The van der Waals surface area contributed by atoms with Gasteiger partial charge in [0.15, 0.2) is 0 Å². The molecule has 1 unspecified atom stereocenters. The van der Waals surface area contributed by atoms with E-state index in [1.54, 1.807) is 0 Å². The fourth-order valence-corrected chi connectivity index (χ4v) is 8.90. The number of allylic oxidation sites excluding steroid dienone is 5. The van der Waals surface area contributed by atoms with Gasteiger partial charge in [0.2, 0.25) is 0 Å². The van der Waals surface area contributed by atoms with Gasteiger partial charge in [0.05, 0.1) is 6.89 Å². The molecule has 3 rings (SSSR count). The molecule has 166 valence electrons. The molecule has 2 aromatic rings. The molecule has 0 bridgehead atoms. The smallest absolute Gasteiger partial charge is 0.128 e. The molecule has 2 aromatic carbocycles. The van der Waals surface area contributed by atoms with Crippen molar-refractivity contribution in [2.45, 2.75) is 59.3 Å². The molecule has 1 atom stereocenters. The Bertz CT molecular complexity index is 1090. The fourth-order valence-electron chi connectivity index (χ4n) is 4.88. The number of hydrogen-bond acceptors (Lipinski definition) is 2. The van der Waals surface area contributed by atoms with Crippen LogP contribution >= 0.6 is 6.89 Å². The number of benzene rings is 2. The first-order valence-electron chi connectivity index (χ1n) is 11.8. The average Bonchev–Trinajstić information content (AvgIpc) is 2.83. The molecule has 0 spiro atoms. The van der Waals surface area contributed by atoms with Crippen LogP contribution in [0, 0.1) is 5.92 Å². The van der Waals surface area contributed by atoms with E-state index in [9.17, 15) is 9.59 Å². The van der Waals surface area contributed by atoms with Crippen molar-refractivity contribution in [2.24, 2.45) is 5.92 Å². The van der Waals surface area contributed by atoms with Crippen LogP contribution in [0.1, 0.15) is 57.6 Å². The van der Waals surface area contributed by atoms with Crippen LogP contribution in [0.25, 0.3) is 0 Å². The van der Waals surface area contributed by atoms with Gasteiger partial charge in [-0.3, -0.25) is 0 Å². The monoisotopic (exact) mass is 444 g/mol. The first kappa shape index (κ1) is 24.0. The lowest BCUT2D eigenvalue weighted by molar-refractivity contribution is 0.561. The largest absolute Gasteiger partial charge is 0.233 e. The predicted molar refractivity (Wildman–Crippen MR) is 138 cm³/mol. The van der Waals surface area contributed by atoms with Crippen LogP contribution in [0.3, 0.4) is 0 Å². The summed E-state index contributed by atoms with van der Waals surface area (Å²) in [5.74, 6) is 2.06. The standard InChI is InChI=1S/C29H33O2P/c1-4-12-23-15-7-9-18-27(23)32(22-31,28-19-10-8-16-24(28)13-5-2)29-20-11-17-25(21-30)26(29)14-6-3/h7-11,15-20,26H,4-6,12-14H2,1-3H3. The Morgan fingerprint density at radius 1 is 0.812 bits per heavy atom. The van der Waals surface area contributed by atoms with E-state index in [0.717, 1.165) is 54.4 Å². The van der Waals surface area contributed by atoms with Crippen LogP contribution in [-0.4, -0.2) is 11.6 Å². The van der Waals surface area contributed by atoms with E-state index >= 15 is 0 Å². The summed E-state index contributed by atoms with van der Waals surface area (Å²) in [7, 11) is 0. The summed E-state index contributed by atoms with van der Waals surface area (Å²) in [5, 5.41) is 3.23. The van der Waals surface area contributed by atoms with E-state index in [0.29, 0.717) is 5.57 Å². The molecule has 0 N–H and O–H groups in total. The summed E-state index contributed by atoms with van der Waals surface area (Å²) in [6.07, 6.45) is 11.4. The van der Waals surface area contributed by atoms with Crippen molar-refractivity contribution >= 4 is 29.1 Å². The summed E-state index contributed by atoms with van der Waals surface area (Å²) >= 11 is 0. The lowest BCUT2D eigenvalue weighted by Gasteiger charge is -2.35. The number of carbonyl (C=O) groups excluding carboxylic acids is 2. The molecule has 1 aliphatic carbocycles. The normalized spacial score (nSPS) is 15.8. The van der Waals surface area contributed by atoms with Crippen LogP contribution in [0.4, 0.5) is 0 Å². The van der Waals surface area contributed by atoms with Gasteiger partial charge in [0, 0.05) is 11.5 Å². The summed E-state index contributed by atoms with van der Waals surface area (Å²) in [6, 6.07) is 16.7. The van der Waals surface area contributed by atoms with Gasteiger partial charge in [-0.2, -0.15) is 0 Å². The first-order valence-corrected chi connectivity index (χ1v) is 13.6. The van der Waals surface area contributed by atoms with Crippen molar-refractivity contribution in [3.63, 3.8) is 0 Å². The van der Waals surface area contributed by atoms with Gasteiger partial charge < -0.3 is 0 Å². The van der Waals surface area contributed by atoms with E-state index < -0.39 is 6.89 Å². The van der Waals surface area contributed by atoms with Crippen molar-refractivity contribution in [3.8, 4) is 0 Å². The Balaban J connectivity index is 2.46. The molecule has 2 nitrogen and oxygen atoms in total. The Kier molecular flexibility index (Phi) is 8.49. The molecule has 0 aliphatic heterocycles. The Morgan fingerprint density at radius 3 is 1.84 bits per heavy atom. The third-order valence-corrected chi connectivity index (χ3v) is 10.1. The summed E-state index contributed by atoms with van der Waals surface area (Å²) < 4.78 is 0. The minimum absolute atomic E-state index is 0.110. The molecule has 0 saturated carbocycles.